The number of urea groups is 1. The van der Waals surface area contributed by atoms with Crippen LogP contribution in [0.4, 0.5) is 4.79 Å². The first-order valence-electron chi connectivity index (χ1n) is 12.9. The standard InChI is InChI=1S/C26H37ClN4O5/c1-2-3-10-21(22(32)23(33)28-18-19-8-7-9-20(27)17-19)29-24(34)26(11-5-4-6-12-26)30-25(35)31-13-15-36-16-14-31/h7-9,17,21H,2-6,10-16,18H2,1H3,(H,28,33)(H,29,34)(H,30,35). The molecule has 1 unspecified atom stereocenters. The number of halogens is 1. The third-order valence-electron chi connectivity index (χ3n) is 6.82. The minimum absolute atomic E-state index is 0.152. The van der Waals surface area contributed by atoms with Crippen LogP contribution >= 0.6 is 11.6 Å². The molecule has 0 bridgehead atoms. The predicted octanol–water partition coefficient (Wildman–Crippen LogP) is 2.95. The zero-order valence-electron chi connectivity index (χ0n) is 20.9. The maximum Gasteiger partial charge on any atom is 0.318 e. The molecule has 0 radical (unpaired) electrons. The Morgan fingerprint density at radius 1 is 1.11 bits per heavy atom. The van der Waals surface area contributed by atoms with E-state index < -0.39 is 29.2 Å². The van der Waals surface area contributed by atoms with Crippen LogP contribution in [0.15, 0.2) is 24.3 Å². The molecule has 36 heavy (non-hydrogen) atoms. The van der Waals surface area contributed by atoms with Gasteiger partial charge in [0.25, 0.3) is 5.91 Å². The molecule has 1 heterocycles. The van der Waals surface area contributed by atoms with Crippen molar-refractivity contribution in [2.75, 3.05) is 26.3 Å². The van der Waals surface area contributed by atoms with Gasteiger partial charge in [-0.1, -0.05) is 62.8 Å². The number of carbonyl (C=O) groups is 4. The molecule has 1 aromatic rings. The molecule has 1 atom stereocenters. The summed E-state index contributed by atoms with van der Waals surface area (Å²) in [4.78, 5) is 54.0. The van der Waals surface area contributed by atoms with Gasteiger partial charge in [0, 0.05) is 24.7 Å². The second-order valence-corrected chi connectivity index (χ2v) is 9.95. The molecule has 1 saturated carbocycles. The summed E-state index contributed by atoms with van der Waals surface area (Å²) in [5, 5.41) is 8.98. The first-order chi connectivity index (χ1) is 17.3. The Labute approximate surface area is 217 Å². The summed E-state index contributed by atoms with van der Waals surface area (Å²) < 4.78 is 5.32. The van der Waals surface area contributed by atoms with Gasteiger partial charge in [0.05, 0.1) is 19.3 Å². The fourth-order valence-corrected chi connectivity index (χ4v) is 4.88. The van der Waals surface area contributed by atoms with E-state index in [-0.39, 0.29) is 12.6 Å². The lowest BCUT2D eigenvalue weighted by atomic mass is 9.80. The molecule has 198 valence electrons. The number of morpholine rings is 1. The van der Waals surface area contributed by atoms with Gasteiger partial charge in [-0.05, 0) is 37.0 Å². The van der Waals surface area contributed by atoms with Gasteiger partial charge in [0.2, 0.25) is 11.7 Å². The molecule has 1 aliphatic heterocycles. The van der Waals surface area contributed by atoms with Crippen molar-refractivity contribution in [2.45, 2.75) is 76.4 Å². The zero-order valence-corrected chi connectivity index (χ0v) is 21.7. The second kappa shape index (κ2) is 13.6. The topological polar surface area (TPSA) is 117 Å². The highest BCUT2D eigenvalue weighted by atomic mass is 35.5. The average molecular weight is 521 g/mol. The van der Waals surface area contributed by atoms with E-state index in [1.807, 2.05) is 6.92 Å². The van der Waals surface area contributed by atoms with E-state index in [4.69, 9.17) is 16.3 Å². The summed E-state index contributed by atoms with van der Waals surface area (Å²) in [7, 11) is 0. The SMILES string of the molecule is CCCCC(NC(=O)C1(NC(=O)N2CCOCC2)CCCCC1)C(=O)C(=O)NCc1cccc(Cl)c1. The highest BCUT2D eigenvalue weighted by Crippen LogP contribution is 2.29. The first kappa shape index (κ1) is 27.9. The summed E-state index contributed by atoms with van der Waals surface area (Å²) in [6, 6.07) is 5.75. The number of benzene rings is 1. The Balaban J connectivity index is 1.68. The maximum absolute atomic E-state index is 13.6. The molecule has 3 rings (SSSR count). The third kappa shape index (κ3) is 7.67. The van der Waals surface area contributed by atoms with Gasteiger partial charge in [-0.15, -0.1) is 0 Å². The fraction of sp³-hybridized carbons (Fsp3) is 0.615. The minimum atomic E-state index is -1.10. The quantitative estimate of drug-likeness (QED) is 0.410. The Kier molecular flexibility index (Phi) is 10.6. The lowest BCUT2D eigenvalue weighted by molar-refractivity contribution is -0.141. The van der Waals surface area contributed by atoms with Crippen molar-refractivity contribution in [3.05, 3.63) is 34.9 Å². The van der Waals surface area contributed by atoms with E-state index in [0.29, 0.717) is 57.0 Å². The number of unbranched alkanes of at least 4 members (excludes halogenated alkanes) is 1. The van der Waals surface area contributed by atoms with Gasteiger partial charge in [-0.2, -0.15) is 0 Å². The number of carbonyl (C=O) groups excluding carboxylic acids is 4. The van der Waals surface area contributed by atoms with Gasteiger partial charge in [-0.25, -0.2) is 4.79 Å². The lowest BCUT2D eigenvalue weighted by Gasteiger charge is -2.39. The monoisotopic (exact) mass is 520 g/mol. The van der Waals surface area contributed by atoms with Crippen molar-refractivity contribution in [1.82, 2.24) is 20.9 Å². The van der Waals surface area contributed by atoms with Crippen molar-refractivity contribution in [2.24, 2.45) is 0 Å². The van der Waals surface area contributed by atoms with E-state index in [1.165, 1.54) is 0 Å². The van der Waals surface area contributed by atoms with E-state index in [1.54, 1.807) is 29.2 Å². The Hall–Kier alpha value is -2.65. The number of nitrogens with one attached hydrogen (secondary N) is 3. The van der Waals surface area contributed by atoms with E-state index in [2.05, 4.69) is 16.0 Å². The highest BCUT2D eigenvalue weighted by Gasteiger charge is 2.43. The highest BCUT2D eigenvalue weighted by molar-refractivity contribution is 6.38. The van der Waals surface area contributed by atoms with Crippen molar-refractivity contribution in [3.8, 4) is 0 Å². The second-order valence-electron chi connectivity index (χ2n) is 9.52. The molecule has 0 spiro atoms. The van der Waals surface area contributed by atoms with Crippen LogP contribution in [0.2, 0.25) is 5.02 Å². The Morgan fingerprint density at radius 2 is 1.83 bits per heavy atom. The molecule has 1 aliphatic carbocycles. The van der Waals surface area contributed by atoms with Crippen LogP contribution in [-0.4, -0.2) is 66.4 Å². The predicted molar refractivity (Wildman–Crippen MR) is 137 cm³/mol. The number of ether oxygens (including phenoxy) is 1. The fourth-order valence-electron chi connectivity index (χ4n) is 4.66. The third-order valence-corrected chi connectivity index (χ3v) is 7.06. The number of amides is 4. The van der Waals surface area contributed by atoms with Gasteiger partial charge in [0.1, 0.15) is 5.54 Å². The smallest absolute Gasteiger partial charge is 0.318 e. The molecule has 2 fully saturated rings. The molecular formula is C26H37ClN4O5. The van der Waals surface area contributed by atoms with Crippen molar-refractivity contribution < 1.29 is 23.9 Å². The molecule has 1 aromatic carbocycles. The lowest BCUT2D eigenvalue weighted by Crippen LogP contribution is -2.64. The number of ketones is 1. The maximum atomic E-state index is 13.6. The summed E-state index contributed by atoms with van der Waals surface area (Å²) in [6.07, 6.45) is 5.38. The van der Waals surface area contributed by atoms with Crippen LogP contribution in [0.3, 0.4) is 0 Å². The molecule has 9 nitrogen and oxygen atoms in total. The van der Waals surface area contributed by atoms with E-state index >= 15 is 0 Å². The van der Waals surface area contributed by atoms with Crippen LogP contribution < -0.4 is 16.0 Å². The number of Topliss-reactive ketones (excluding diaryl/α,β-unsaturated/α-hetero) is 1. The summed E-state index contributed by atoms with van der Waals surface area (Å²) in [5.41, 5.74) is -0.333. The molecule has 4 amide bonds. The van der Waals surface area contributed by atoms with Gasteiger partial charge < -0.3 is 25.6 Å². The van der Waals surface area contributed by atoms with Crippen molar-refractivity contribution >= 4 is 35.2 Å². The summed E-state index contributed by atoms with van der Waals surface area (Å²) in [6.45, 7) is 3.99. The van der Waals surface area contributed by atoms with Crippen LogP contribution in [0.1, 0.15) is 63.9 Å². The van der Waals surface area contributed by atoms with Gasteiger partial charge >= 0.3 is 6.03 Å². The number of hydrogen-bond acceptors (Lipinski definition) is 5. The van der Waals surface area contributed by atoms with Crippen LogP contribution in [-0.2, 0) is 25.7 Å². The molecule has 1 saturated heterocycles. The zero-order chi connectivity index (χ0) is 26.0. The van der Waals surface area contributed by atoms with Crippen molar-refractivity contribution in [1.29, 1.82) is 0 Å². The normalized spacial score (nSPS) is 18.1. The Bertz CT molecular complexity index is 929. The number of nitrogens with zero attached hydrogens (tertiary/aromatic N) is 1. The van der Waals surface area contributed by atoms with Crippen LogP contribution in [0, 0.1) is 0 Å². The summed E-state index contributed by atoms with van der Waals surface area (Å²) >= 11 is 5.99. The van der Waals surface area contributed by atoms with E-state index in [9.17, 15) is 19.2 Å². The molecule has 3 N–H and O–H groups in total. The van der Waals surface area contributed by atoms with Gasteiger partial charge in [0.15, 0.2) is 0 Å². The molecular weight excluding hydrogens is 484 g/mol. The van der Waals surface area contributed by atoms with Crippen LogP contribution in [0.25, 0.3) is 0 Å². The van der Waals surface area contributed by atoms with E-state index in [0.717, 1.165) is 31.2 Å². The summed E-state index contributed by atoms with van der Waals surface area (Å²) in [5.74, 6) is -1.85. The first-order valence-corrected chi connectivity index (χ1v) is 13.2. The molecule has 2 aliphatic rings. The number of hydrogen-bond donors (Lipinski definition) is 3. The minimum Gasteiger partial charge on any atom is -0.378 e. The largest absolute Gasteiger partial charge is 0.378 e. The number of rotatable bonds is 10. The molecule has 10 heteroatoms. The average Bonchev–Trinajstić information content (AvgIpc) is 2.90. The molecule has 0 aromatic heterocycles. The Morgan fingerprint density at radius 3 is 2.50 bits per heavy atom. The van der Waals surface area contributed by atoms with Crippen molar-refractivity contribution in [3.63, 3.8) is 0 Å². The van der Waals surface area contributed by atoms with Crippen LogP contribution in [0.5, 0.6) is 0 Å². The van der Waals surface area contributed by atoms with Gasteiger partial charge in [-0.3, -0.25) is 14.4 Å².